The summed E-state index contributed by atoms with van der Waals surface area (Å²) >= 11 is 1.66. The summed E-state index contributed by atoms with van der Waals surface area (Å²) in [7, 11) is 0. The number of thiophene rings is 1. The number of carbonyl (C=O) groups excluding carboxylic acids is 2. The van der Waals surface area contributed by atoms with Crippen molar-refractivity contribution in [2.75, 3.05) is 25.0 Å². The van der Waals surface area contributed by atoms with Crippen molar-refractivity contribution in [2.24, 2.45) is 0 Å². The molecule has 0 radical (unpaired) electrons. The van der Waals surface area contributed by atoms with Crippen molar-refractivity contribution in [1.82, 2.24) is 10.2 Å². The highest BCUT2D eigenvalue weighted by atomic mass is 32.1. The summed E-state index contributed by atoms with van der Waals surface area (Å²) in [6, 6.07) is 7.89. The van der Waals surface area contributed by atoms with Gasteiger partial charge in [0.1, 0.15) is 0 Å². The lowest BCUT2D eigenvalue weighted by molar-refractivity contribution is -0.136. The van der Waals surface area contributed by atoms with E-state index in [1.807, 2.05) is 32.0 Å². The van der Waals surface area contributed by atoms with Crippen LogP contribution in [-0.2, 0) is 9.59 Å². The maximum Gasteiger partial charge on any atom is 0.313 e. The molecule has 1 aliphatic rings. The first-order valence-corrected chi connectivity index (χ1v) is 10.4. The number of amides is 2. The molecule has 1 fully saturated rings. The molecule has 0 aliphatic carbocycles. The molecule has 2 N–H and O–H groups in total. The van der Waals surface area contributed by atoms with Crippen molar-refractivity contribution < 1.29 is 9.59 Å². The van der Waals surface area contributed by atoms with Crippen LogP contribution >= 0.6 is 11.3 Å². The van der Waals surface area contributed by atoms with Crippen molar-refractivity contribution in [3.05, 3.63) is 51.7 Å². The Morgan fingerprint density at radius 3 is 2.59 bits per heavy atom. The molecule has 0 spiro atoms. The Morgan fingerprint density at radius 1 is 1.11 bits per heavy atom. The summed E-state index contributed by atoms with van der Waals surface area (Å²) in [4.78, 5) is 27.1. The second kappa shape index (κ2) is 9.15. The number of aryl methyl sites for hydroxylation is 1. The zero-order chi connectivity index (χ0) is 19.2. The van der Waals surface area contributed by atoms with Gasteiger partial charge in [-0.2, -0.15) is 11.3 Å². The monoisotopic (exact) mass is 385 g/mol. The van der Waals surface area contributed by atoms with E-state index in [2.05, 4.69) is 32.4 Å². The topological polar surface area (TPSA) is 61.4 Å². The highest BCUT2D eigenvalue weighted by molar-refractivity contribution is 7.08. The number of nitrogens with zero attached hydrogens (tertiary/aromatic N) is 1. The summed E-state index contributed by atoms with van der Waals surface area (Å²) in [5, 5.41) is 9.74. The zero-order valence-electron chi connectivity index (χ0n) is 16.0. The van der Waals surface area contributed by atoms with E-state index in [0.29, 0.717) is 12.2 Å². The van der Waals surface area contributed by atoms with Crippen molar-refractivity contribution >= 4 is 28.8 Å². The van der Waals surface area contributed by atoms with Crippen molar-refractivity contribution in [2.45, 2.75) is 39.2 Å². The van der Waals surface area contributed by atoms with Crippen LogP contribution in [0.5, 0.6) is 0 Å². The quantitative estimate of drug-likeness (QED) is 0.773. The summed E-state index contributed by atoms with van der Waals surface area (Å²) in [5.41, 5.74) is 3.94. The van der Waals surface area contributed by atoms with Crippen molar-refractivity contribution in [1.29, 1.82) is 0 Å². The lowest BCUT2D eigenvalue weighted by Gasteiger charge is -2.34. The lowest BCUT2D eigenvalue weighted by atomic mass is 10.0. The zero-order valence-corrected chi connectivity index (χ0v) is 16.8. The Labute approximate surface area is 164 Å². The van der Waals surface area contributed by atoms with E-state index in [1.165, 1.54) is 24.8 Å². The van der Waals surface area contributed by atoms with E-state index >= 15 is 0 Å². The van der Waals surface area contributed by atoms with Crippen LogP contribution in [0.25, 0.3) is 0 Å². The number of hydrogen-bond acceptors (Lipinski definition) is 4. The Bertz CT molecular complexity index is 783. The minimum atomic E-state index is -0.619. The summed E-state index contributed by atoms with van der Waals surface area (Å²) in [6.45, 7) is 6.42. The molecule has 2 heterocycles. The third-order valence-electron chi connectivity index (χ3n) is 5.27. The smallest absolute Gasteiger partial charge is 0.313 e. The van der Waals surface area contributed by atoms with Crippen LogP contribution in [0.15, 0.2) is 35.0 Å². The minimum absolute atomic E-state index is 0.119. The molecule has 1 unspecified atom stereocenters. The maximum absolute atomic E-state index is 12.4. The maximum atomic E-state index is 12.4. The summed E-state index contributed by atoms with van der Waals surface area (Å²) < 4.78 is 0. The fourth-order valence-electron chi connectivity index (χ4n) is 3.49. The van der Waals surface area contributed by atoms with E-state index in [4.69, 9.17) is 0 Å². The lowest BCUT2D eigenvalue weighted by Crippen LogP contribution is -2.43. The molecular weight excluding hydrogens is 358 g/mol. The predicted octanol–water partition coefficient (Wildman–Crippen LogP) is 3.65. The van der Waals surface area contributed by atoms with Crippen molar-refractivity contribution in [3.8, 4) is 0 Å². The van der Waals surface area contributed by atoms with Crippen LogP contribution in [0.2, 0.25) is 0 Å². The van der Waals surface area contributed by atoms with Gasteiger partial charge in [-0.15, -0.1) is 0 Å². The number of likely N-dealkylation sites (tertiary alicyclic amines) is 1. The van der Waals surface area contributed by atoms with Gasteiger partial charge >= 0.3 is 11.8 Å². The molecule has 3 rings (SSSR count). The van der Waals surface area contributed by atoms with Gasteiger partial charge in [0.25, 0.3) is 0 Å². The average Bonchev–Trinajstić information content (AvgIpc) is 3.20. The Hall–Kier alpha value is -2.18. The van der Waals surface area contributed by atoms with Gasteiger partial charge in [-0.05, 0) is 79.4 Å². The Balaban J connectivity index is 1.61. The second-order valence-electron chi connectivity index (χ2n) is 7.08. The minimum Gasteiger partial charge on any atom is -0.346 e. The van der Waals surface area contributed by atoms with Gasteiger partial charge in [0.15, 0.2) is 0 Å². The van der Waals surface area contributed by atoms with Crippen LogP contribution in [-0.4, -0.2) is 36.3 Å². The normalized spacial score (nSPS) is 15.9. The fourth-order valence-corrected chi connectivity index (χ4v) is 4.19. The number of benzene rings is 1. The molecule has 0 saturated carbocycles. The second-order valence-corrected chi connectivity index (χ2v) is 7.86. The molecule has 27 heavy (non-hydrogen) atoms. The molecular formula is C21H27N3O2S. The van der Waals surface area contributed by atoms with Crippen LogP contribution in [0, 0.1) is 13.8 Å². The molecule has 2 aromatic rings. The Morgan fingerprint density at radius 2 is 1.89 bits per heavy atom. The number of nitrogens with one attached hydrogen (secondary N) is 2. The number of anilines is 1. The largest absolute Gasteiger partial charge is 0.346 e. The first-order valence-electron chi connectivity index (χ1n) is 9.48. The third kappa shape index (κ3) is 4.96. The van der Waals surface area contributed by atoms with Gasteiger partial charge in [-0.1, -0.05) is 18.6 Å². The molecule has 0 bridgehead atoms. The molecule has 1 atom stereocenters. The van der Waals surface area contributed by atoms with E-state index in [1.54, 1.807) is 11.3 Å². The molecule has 5 nitrogen and oxygen atoms in total. The van der Waals surface area contributed by atoms with Gasteiger partial charge in [0.05, 0.1) is 6.04 Å². The van der Waals surface area contributed by atoms with E-state index in [-0.39, 0.29) is 6.04 Å². The molecule has 144 valence electrons. The van der Waals surface area contributed by atoms with Crippen LogP contribution in [0.3, 0.4) is 0 Å². The number of piperidine rings is 1. The molecule has 1 aliphatic heterocycles. The molecule has 6 heteroatoms. The average molecular weight is 386 g/mol. The Kier molecular flexibility index (Phi) is 6.63. The first-order chi connectivity index (χ1) is 13.1. The van der Waals surface area contributed by atoms with Gasteiger partial charge in [0.2, 0.25) is 0 Å². The van der Waals surface area contributed by atoms with Crippen LogP contribution in [0.4, 0.5) is 5.69 Å². The van der Waals surface area contributed by atoms with Gasteiger partial charge < -0.3 is 10.6 Å². The highest BCUT2D eigenvalue weighted by Gasteiger charge is 2.24. The number of carbonyl (C=O) groups is 2. The van der Waals surface area contributed by atoms with Gasteiger partial charge in [-0.25, -0.2) is 0 Å². The van der Waals surface area contributed by atoms with Gasteiger partial charge in [-0.3, -0.25) is 14.5 Å². The van der Waals surface area contributed by atoms with Crippen LogP contribution in [0.1, 0.15) is 42.0 Å². The first kappa shape index (κ1) is 19.6. The summed E-state index contributed by atoms with van der Waals surface area (Å²) in [5.74, 6) is -1.21. The highest BCUT2D eigenvalue weighted by Crippen LogP contribution is 2.26. The molecule has 2 amide bonds. The molecule has 1 aromatic heterocycles. The van der Waals surface area contributed by atoms with Gasteiger partial charge in [0, 0.05) is 12.2 Å². The van der Waals surface area contributed by atoms with Crippen molar-refractivity contribution in [3.63, 3.8) is 0 Å². The van der Waals surface area contributed by atoms with E-state index in [0.717, 1.165) is 24.2 Å². The number of hydrogen-bond donors (Lipinski definition) is 2. The molecule has 1 saturated heterocycles. The SMILES string of the molecule is Cc1cccc(NC(=O)C(=O)NCC(c2ccsc2)N2CCCCC2)c1C. The van der Waals surface area contributed by atoms with E-state index in [9.17, 15) is 9.59 Å². The standard InChI is InChI=1S/C21H27N3O2S/c1-15-7-6-8-18(16(15)2)23-21(26)20(25)22-13-19(17-9-12-27-14-17)24-10-4-3-5-11-24/h6-9,12,14,19H,3-5,10-11,13H2,1-2H3,(H,22,25)(H,23,26). The predicted molar refractivity (Wildman–Crippen MR) is 110 cm³/mol. The van der Waals surface area contributed by atoms with Crippen LogP contribution < -0.4 is 10.6 Å². The third-order valence-corrected chi connectivity index (χ3v) is 5.98. The van der Waals surface area contributed by atoms with E-state index < -0.39 is 11.8 Å². The fraction of sp³-hybridized carbons (Fsp3) is 0.429. The molecule has 1 aromatic carbocycles. The summed E-state index contributed by atoms with van der Waals surface area (Å²) in [6.07, 6.45) is 3.63. The number of rotatable bonds is 5.